The van der Waals surface area contributed by atoms with E-state index in [4.69, 9.17) is 5.73 Å². The maximum Gasteiger partial charge on any atom is 0.257 e. The molecular weight excluding hydrogens is 264 g/mol. The zero-order chi connectivity index (χ0) is 15.1. The first-order valence-corrected chi connectivity index (χ1v) is 8.03. The van der Waals surface area contributed by atoms with Crippen molar-refractivity contribution in [3.8, 4) is 5.75 Å². The number of aromatic hydroxyl groups is 1. The van der Waals surface area contributed by atoms with Crippen molar-refractivity contribution in [2.45, 2.75) is 51.0 Å². The van der Waals surface area contributed by atoms with Crippen molar-refractivity contribution < 1.29 is 9.90 Å². The molecule has 0 radical (unpaired) electrons. The third kappa shape index (κ3) is 4.21. The molecule has 116 valence electrons. The van der Waals surface area contributed by atoms with Crippen molar-refractivity contribution in [2.75, 3.05) is 13.1 Å². The van der Waals surface area contributed by atoms with Crippen LogP contribution in [-0.2, 0) is 0 Å². The molecule has 1 saturated carbocycles. The number of nitrogens with zero attached hydrogens (tertiary/aromatic N) is 1. The van der Waals surface area contributed by atoms with Gasteiger partial charge in [0, 0.05) is 12.6 Å². The lowest BCUT2D eigenvalue weighted by Gasteiger charge is -2.31. The van der Waals surface area contributed by atoms with E-state index in [2.05, 4.69) is 0 Å². The molecule has 0 atom stereocenters. The number of carbonyl (C=O) groups excluding carboxylic acids is 1. The van der Waals surface area contributed by atoms with Gasteiger partial charge in [0.1, 0.15) is 5.75 Å². The van der Waals surface area contributed by atoms with Crippen molar-refractivity contribution >= 4 is 5.91 Å². The van der Waals surface area contributed by atoms with Crippen LogP contribution >= 0.6 is 0 Å². The molecule has 0 unspecified atom stereocenters. The first-order chi connectivity index (χ1) is 10.2. The number of hydrogen-bond acceptors (Lipinski definition) is 3. The molecule has 0 bridgehead atoms. The van der Waals surface area contributed by atoms with Crippen LogP contribution in [0.2, 0.25) is 0 Å². The topological polar surface area (TPSA) is 66.6 Å². The molecular formula is C17H26N2O2. The van der Waals surface area contributed by atoms with E-state index >= 15 is 0 Å². The molecule has 1 amide bonds. The SMILES string of the molecule is NCCCN(C(=O)c1ccccc1O)C1CCCCCC1. The Labute approximate surface area is 126 Å². The monoisotopic (exact) mass is 290 g/mol. The Kier molecular flexibility index (Phi) is 6.05. The van der Waals surface area contributed by atoms with Gasteiger partial charge in [-0.1, -0.05) is 37.8 Å². The van der Waals surface area contributed by atoms with Gasteiger partial charge in [-0.05, 0) is 37.9 Å². The minimum absolute atomic E-state index is 0.0616. The second kappa shape index (κ2) is 8.03. The zero-order valence-corrected chi connectivity index (χ0v) is 12.6. The van der Waals surface area contributed by atoms with E-state index < -0.39 is 0 Å². The fourth-order valence-electron chi connectivity index (χ4n) is 3.09. The summed E-state index contributed by atoms with van der Waals surface area (Å²) in [4.78, 5) is 14.7. The maximum absolute atomic E-state index is 12.8. The predicted octanol–water partition coefficient (Wildman–Crippen LogP) is 2.91. The zero-order valence-electron chi connectivity index (χ0n) is 12.6. The molecule has 1 aliphatic carbocycles. The summed E-state index contributed by atoms with van der Waals surface area (Å²) in [5.41, 5.74) is 6.02. The van der Waals surface area contributed by atoms with Crippen molar-refractivity contribution in [1.82, 2.24) is 4.90 Å². The van der Waals surface area contributed by atoms with E-state index in [0.29, 0.717) is 18.7 Å². The van der Waals surface area contributed by atoms with E-state index in [0.717, 1.165) is 19.3 Å². The number of phenols is 1. The second-order valence-corrected chi connectivity index (χ2v) is 5.80. The lowest BCUT2D eigenvalue weighted by molar-refractivity contribution is 0.0656. The second-order valence-electron chi connectivity index (χ2n) is 5.80. The number of rotatable bonds is 5. The number of nitrogens with two attached hydrogens (primary N) is 1. The smallest absolute Gasteiger partial charge is 0.257 e. The van der Waals surface area contributed by atoms with Crippen LogP contribution in [-0.4, -0.2) is 35.0 Å². The number of amides is 1. The molecule has 0 saturated heterocycles. The molecule has 3 N–H and O–H groups in total. The Hall–Kier alpha value is -1.55. The van der Waals surface area contributed by atoms with Gasteiger partial charge in [0.05, 0.1) is 5.56 Å². The highest BCUT2D eigenvalue weighted by Crippen LogP contribution is 2.25. The summed E-state index contributed by atoms with van der Waals surface area (Å²) >= 11 is 0. The Bertz CT molecular complexity index is 454. The van der Waals surface area contributed by atoms with E-state index in [1.54, 1.807) is 24.3 Å². The molecule has 0 heterocycles. The van der Waals surface area contributed by atoms with Gasteiger partial charge in [-0.3, -0.25) is 4.79 Å². The number of carbonyl (C=O) groups is 1. The number of phenolic OH excluding ortho intramolecular Hbond substituents is 1. The average molecular weight is 290 g/mol. The van der Waals surface area contributed by atoms with E-state index in [9.17, 15) is 9.90 Å². The van der Waals surface area contributed by atoms with Gasteiger partial charge in [0.2, 0.25) is 0 Å². The molecule has 4 heteroatoms. The summed E-state index contributed by atoms with van der Waals surface area (Å²) in [5.74, 6) is 0.00215. The summed E-state index contributed by atoms with van der Waals surface area (Å²) in [5, 5.41) is 9.94. The van der Waals surface area contributed by atoms with Crippen LogP contribution < -0.4 is 5.73 Å². The van der Waals surface area contributed by atoms with Gasteiger partial charge in [0.15, 0.2) is 0 Å². The predicted molar refractivity (Wildman–Crippen MR) is 84.3 cm³/mol. The fourth-order valence-corrected chi connectivity index (χ4v) is 3.09. The van der Waals surface area contributed by atoms with Crippen LogP contribution in [0.3, 0.4) is 0 Å². The van der Waals surface area contributed by atoms with E-state index in [-0.39, 0.29) is 17.7 Å². The molecule has 0 aromatic heterocycles. The average Bonchev–Trinajstić information content (AvgIpc) is 2.77. The molecule has 0 spiro atoms. The third-order valence-electron chi connectivity index (χ3n) is 4.26. The summed E-state index contributed by atoms with van der Waals surface area (Å²) < 4.78 is 0. The molecule has 1 aliphatic rings. The minimum Gasteiger partial charge on any atom is -0.507 e. The van der Waals surface area contributed by atoms with Crippen LogP contribution in [0.5, 0.6) is 5.75 Å². The van der Waals surface area contributed by atoms with Crippen LogP contribution in [0, 0.1) is 0 Å². The molecule has 1 aromatic rings. The Morgan fingerprint density at radius 3 is 2.48 bits per heavy atom. The Balaban J connectivity index is 2.17. The lowest BCUT2D eigenvalue weighted by Crippen LogP contribution is -2.41. The number of benzene rings is 1. The van der Waals surface area contributed by atoms with Gasteiger partial charge in [-0.25, -0.2) is 0 Å². The minimum atomic E-state index is -0.0616. The number of para-hydroxylation sites is 1. The molecule has 2 rings (SSSR count). The van der Waals surface area contributed by atoms with Crippen LogP contribution in [0.15, 0.2) is 24.3 Å². The number of hydrogen-bond donors (Lipinski definition) is 2. The van der Waals surface area contributed by atoms with Crippen molar-refractivity contribution in [2.24, 2.45) is 5.73 Å². The van der Waals surface area contributed by atoms with Crippen LogP contribution in [0.4, 0.5) is 0 Å². The van der Waals surface area contributed by atoms with Gasteiger partial charge >= 0.3 is 0 Å². The van der Waals surface area contributed by atoms with Gasteiger partial charge in [-0.2, -0.15) is 0 Å². The van der Waals surface area contributed by atoms with Crippen LogP contribution in [0.25, 0.3) is 0 Å². The highest BCUT2D eigenvalue weighted by molar-refractivity contribution is 5.97. The largest absolute Gasteiger partial charge is 0.507 e. The Morgan fingerprint density at radius 2 is 1.86 bits per heavy atom. The highest BCUT2D eigenvalue weighted by atomic mass is 16.3. The third-order valence-corrected chi connectivity index (χ3v) is 4.26. The fraction of sp³-hybridized carbons (Fsp3) is 0.588. The van der Waals surface area contributed by atoms with Gasteiger partial charge in [-0.15, -0.1) is 0 Å². The van der Waals surface area contributed by atoms with E-state index in [1.807, 2.05) is 4.90 Å². The Morgan fingerprint density at radius 1 is 1.19 bits per heavy atom. The van der Waals surface area contributed by atoms with Crippen molar-refractivity contribution in [3.05, 3.63) is 29.8 Å². The molecule has 4 nitrogen and oxygen atoms in total. The lowest BCUT2D eigenvalue weighted by atomic mass is 10.0. The quantitative estimate of drug-likeness (QED) is 0.819. The summed E-state index contributed by atoms with van der Waals surface area (Å²) in [6.07, 6.45) is 7.79. The summed E-state index contributed by atoms with van der Waals surface area (Å²) in [6.45, 7) is 1.26. The molecule has 21 heavy (non-hydrogen) atoms. The molecule has 1 fully saturated rings. The molecule has 0 aliphatic heterocycles. The summed E-state index contributed by atoms with van der Waals surface area (Å²) in [7, 11) is 0. The van der Waals surface area contributed by atoms with Crippen molar-refractivity contribution in [3.63, 3.8) is 0 Å². The van der Waals surface area contributed by atoms with E-state index in [1.165, 1.54) is 25.7 Å². The highest BCUT2D eigenvalue weighted by Gasteiger charge is 2.26. The normalized spacial score (nSPS) is 16.4. The van der Waals surface area contributed by atoms with Gasteiger partial charge < -0.3 is 15.7 Å². The summed E-state index contributed by atoms with van der Waals surface area (Å²) in [6, 6.07) is 7.08. The standard InChI is InChI=1S/C17H26N2O2/c18-12-7-13-19(14-8-3-1-2-4-9-14)17(21)15-10-5-6-11-16(15)20/h5-6,10-11,14,20H,1-4,7-9,12-13,18H2. The van der Waals surface area contributed by atoms with Crippen molar-refractivity contribution in [1.29, 1.82) is 0 Å². The molecule has 1 aromatic carbocycles. The first kappa shape index (κ1) is 15.8. The van der Waals surface area contributed by atoms with Gasteiger partial charge in [0.25, 0.3) is 5.91 Å². The van der Waals surface area contributed by atoms with Crippen LogP contribution in [0.1, 0.15) is 55.3 Å². The first-order valence-electron chi connectivity index (χ1n) is 8.03. The maximum atomic E-state index is 12.8.